The summed E-state index contributed by atoms with van der Waals surface area (Å²) in [5.41, 5.74) is 6.04. The predicted octanol–water partition coefficient (Wildman–Crippen LogP) is -12.6. The van der Waals surface area contributed by atoms with Crippen molar-refractivity contribution in [3.05, 3.63) is 12.7 Å². The number of nitrogen functional groups attached to an aromatic ring is 1. The Morgan fingerprint density at radius 2 is 1.77 bits per heavy atom. The second kappa shape index (κ2) is 12.3. The molecule has 0 aromatic carbocycles. The number of rotatable bonds is 6. The van der Waals surface area contributed by atoms with Gasteiger partial charge in [0.2, 0.25) is 0 Å². The van der Waals surface area contributed by atoms with Gasteiger partial charge in [0.25, 0.3) is 7.82 Å². The summed E-state index contributed by atoms with van der Waals surface area (Å²) in [7, 11) is -11.4. The molecule has 0 bridgehead atoms. The molecule has 0 aliphatic carbocycles. The van der Waals surface area contributed by atoms with E-state index in [9.17, 15) is 34.0 Å². The van der Waals surface area contributed by atoms with Crippen LogP contribution in [0.1, 0.15) is 6.23 Å². The number of hydrogen-bond donors (Lipinski definition) is 3. The molecule has 15 nitrogen and oxygen atoms in total. The summed E-state index contributed by atoms with van der Waals surface area (Å²) >= 11 is 0. The zero-order valence-corrected chi connectivity index (χ0v) is 23.9. The Balaban J connectivity index is 0.00000280. The smallest absolute Gasteiger partial charge is 0.790 e. The van der Waals surface area contributed by atoms with Crippen molar-refractivity contribution >= 4 is 32.6 Å². The van der Waals surface area contributed by atoms with Crippen molar-refractivity contribution in [3.63, 3.8) is 0 Å². The molecule has 4 N–H and O–H groups in total. The minimum absolute atomic E-state index is 0. The van der Waals surface area contributed by atoms with E-state index in [1.54, 1.807) is 0 Å². The maximum absolute atomic E-state index is 11.3. The van der Waals surface area contributed by atoms with Gasteiger partial charge in [0.1, 0.15) is 30.2 Å². The first-order chi connectivity index (χ1) is 12.5. The number of anilines is 1. The van der Waals surface area contributed by atoms with Crippen LogP contribution in [-0.2, 0) is 22.7 Å². The van der Waals surface area contributed by atoms with Gasteiger partial charge in [0, 0.05) is 0 Å². The molecular weight excluding hydrogens is 481 g/mol. The molecule has 0 radical (unpaired) electrons. The van der Waals surface area contributed by atoms with E-state index < -0.39 is 46.8 Å². The van der Waals surface area contributed by atoms with Crippen LogP contribution in [0.2, 0.25) is 0 Å². The van der Waals surface area contributed by atoms with Crippen LogP contribution in [0.3, 0.4) is 0 Å². The van der Waals surface area contributed by atoms with Gasteiger partial charge in [0.15, 0.2) is 17.7 Å². The molecule has 3 rings (SSSR count). The fourth-order valence-electron chi connectivity index (χ4n) is 2.46. The van der Waals surface area contributed by atoms with Crippen molar-refractivity contribution < 1.29 is 136 Å². The molecule has 3 heterocycles. The molecule has 1 aliphatic rings. The van der Waals surface area contributed by atoms with Gasteiger partial charge in [-0.05, 0) is 0 Å². The van der Waals surface area contributed by atoms with Crippen molar-refractivity contribution in [2.75, 3.05) is 12.3 Å². The Bertz CT molecular complexity index is 946. The van der Waals surface area contributed by atoms with Gasteiger partial charge in [0.05, 0.1) is 20.8 Å². The van der Waals surface area contributed by atoms with Crippen LogP contribution in [0, 0.1) is 0 Å². The van der Waals surface area contributed by atoms with Crippen LogP contribution in [0.15, 0.2) is 12.7 Å². The van der Waals surface area contributed by atoms with Gasteiger partial charge in [-0.25, -0.2) is 15.0 Å². The van der Waals surface area contributed by atoms with Crippen molar-refractivity contribution in [1.29, 1.82) is 0 Å². The number of phosphoric acid groups is 2. The number of imidazole rings is 1. The second-order valence-corrected chi connectivity index (χ2v) is 8.10. The largest absolute Gasteiger partial charge is 1.00 e. The Morgan fingerprint density at radius 3 is 2.37 bits per heavy atom. The van der Waals surface area contributed by atoms with Gasteiger partial charge >= 0.3 is 88.7 Å². The number of ether oxygens (including phenoxy) is 1. The number of hydrogen-bond acceptors (Lipinski definition) is 14. The van der Waals surface area contributed by atoms with E-state index in [1.807, 2.05) is 0 Å². The third-order valence-corrected chi connectivity index (χ3v) is 5.66. The molecule has 1 unspecified atom stereocenters. The molecule has 0 amide bonds. The first-order valence-electron chi connectivity index (χ1n) is 7.12. The number of nitrogens with two attached hydrogens (primary N) is 1. The minimum atomic E-state index is -5.85. The van der Waals surface area contributed by atoms with Crippen molar-refractivity contribution in [2.24, 2.45) is 0 Å². The van der Waals surface area contributed by atoms with Crippen LogP contribution < -0.4 is 109 Å². The summed E-state index contributed by atoms with van der Waals surface area (Å²) in [6, 6.07) is 0. The summed E-state index contributed by atoms with van der Waals surface area (Å²) in [6.45, 7) is -0.931. The zero-order chi connectivity index (χ0) is 20.0. The first kappa shape index (κ1) is 31.5. The maximum atomic E-state index is 11.3. The second-order valence-electron chi connectivity index (χ2n) is 5.40. The molecular formula is C10H12N5Na3O10P2. The van der Waals surface area contributed by atoms with Gasteiger partial charge in [-0.2, -0.15) is 0 Å². The van der Waals surface area contributed by atoms with Crippen molar-refractivity contribution in [1.82, 2.24) is 19.5 Å². The Kier molecular flexibility index (Phi) is 12.9. The summed E-state index contributed by atoms with van der Waals surface area (Å²) in [4.78, 5) is 43.7. The number of aromatic nitrogens is 4. The van der Waals surface area contributed by atoms with Gasteiger partial charge in [-0.3, -0.25) is 13.4 Å². The van der Waals surface area contributed by atoms with Crippen LogP contribution in [-0.4, -0.2) is 54.7 Å². The third kappa shape index (κ3) is 7.50. The number of aliphatic hydroxyl groups excluding tert-OH is 2. The zero-order valence-electron chi connectivity index (χ0n) is 16.1. The monoisotopic (exact) mass is 493 g/mol. The number of fused-ring (bicyclic) bond motifs is 1. The Labute approximate surface area is 235 Å². The molecule has 1 fully saturated rings. The molecule has 1 saturated heterocycles. The molecule has 30 heavy (non-hydrogen) atoms. The normalized spacial score (nSPS) is 25.6. The molecule has 2 aromatic heterocycles. The van der Waals surface area contributed by atoms with E-state index >= 15 is 0 Å². The van der Waals surface area contributed by atoms with E-state index in [2.05, 4.69) is 23.8 Å². The molecule has 1 aliphatic heterocycles. The summed E-state index contributed by atoms with van der Waals surface area (Å²) in [6.07, 6.45) is -3.48. The van der Waals surface area contributed by atoms with Crippen LogP contribution >= 0.6 is 15.6 Å². The average Bonchev–Trinajstić information content (AvgIpc) is 3.07. The van der Waals surface area contributed by atoms with Crippen LogP contribution in [0.25, 0.3) is 11.2 Å². The fourth-order valence-corrected chi connectivity index (χ4v) is 3.96. The minimum Gasteiger partial charge on any atom is -0.790 e. The molecule has 150 valence electrons. The van der Waals surface area contributed by atoms with Crippen molar-refractivity contribution in [2.45, 2.75) is 24.5 Å². The van der Waals surface area contributed by atoms with E-state index in [-0.39, 0.29) is 106 Å². The predicted molar refractivity (Wildman–Crippen MR) is 77.9 cm³/mol. The van der Waals surface area contributed by atoms with E-state index in [1.165, 1.54) is 10.9 Å². The maximum Gasteiger partial charge on any atom is 1.00 e. The number of phosphoric ester groups is 1. The van der Waals surface area contributed by atoms with E-state index in [0.29, 0.717) is 0 Å². The summed E-state index contributed by atoms with van der Waals surface area (Å²) in [5.74, 6) is 0.0655. The molecule has 2 aromatic rings. The Morgan fingerprint density at radius 1 is 1.13 bits per heavy atom. The standard InChI is InChI=1S/C10H15N5O10P2.3Na/c11-8-5-9(13-2-12-8)15(3-14-5)10-7(17)6(16)4(24-10)1-23-27(21,22)25-26(18,19)20;;;/h2-4,6-7,10,16-17H,1H2,(H,21,22)(H2,11,12,13)(H2,18,19,20);;;/q;3*+1/p-3/t4-,6-,7-,10-;;;/m1.../s1. The molecule has 20 heteroatoms. The molecule has 0 saturated carbocycles. The van der Waals surface area contributed by atoms with E-state index in [4.69, 9.17) is 10.5 Å². The quantitative estimate of drug-likeness (QED) is 0.250. The number of aliphatic hydroxyl groups is 2. The van der Waals surface area contributed by atoms with Crippen LogP contribution in [0.4, 0.5) is 5.82 Å². The van der Waals surface area contributed by atoms with Gasteiger partial charge in [-0.15, -0.1) is 0 Å². The topological polar surface area (TPSA) is 241 Å². The summed E-state index contributed by atoms with van der Waals surface area (Å²) < 4.78 is 35.7. The molecule has 5 atom stereocenters. The number of nitrogens with zero attached hydrogens (tertiary/aromatic N) is 4. The van der Waals surface area contributed by atoms with Crippen LogP contribution in [0.5, 0.6) is 0 Å². The fraction of sp³-hybridized carbons (Fsp3) is 0.500. The summed E-state index contributed by atoms with van der Waals surface area (Å²) in [5, 5.41) is 20.2. The van der Waals surface area contributed by atoms with Crippen molar-refractivity contribution in [3.8, 4) is 0 Å². The van der Waals surface area contributed by atoms with Gasteiger partial charge < -0.3 is 44.5 Å². The SMILES string of the molecule is Nc1ncnc2c1ncn2[C@@H]1O[C@H](COP(=O)([O-])OP(=O)([O-])[O-])[C@@H](O)[C@H]1O.[Na+].[Na+].[Na+]. The third-order valence-electron chi connectivity index (χ3n) is 3.60. The first-order valence-corrected chi connectivity index (χ1v) is 10.0. The average molecular weight is 493 g/mol. The van der Waals surface area contributed by atoms with Gasteiger partial charge in [-0.1, -0.05) is 0 Å². The molecule has 0 spiro atoms. The Hall–Kier alpha value is 1.49. The van der Waals surface area contributed by atoms with E-state index in [0.717, 1.165) is 6.33 Å².